The number of fused-ring (bicyclic) bond motifs is 2. The van der Waals surface area contributed by atoms with Crippen LogP contribution in [-0.4, -0.2) is 43.6 Å². The number of carbonyl (C=O) groups is 2. The van der Waals surface area contributed by atoms with E-state index in [1.807, 2.05) is 24.4 Å². The predicted molar refractivity (Wildman–Crippen MR) is 87.5 cm³/mol. The number of carbonyl (C=O) groups excluding carboxylic acids is 1. The SMILES string of the molecule is O=C(O)C1CC2CCCCC2N1C(=O)Cc1cnn2ccccc12. The molecular formula is C18H21N3O3. The Morgan fingerprint density at radius 3 is 2.92 bits per heavy atom. The summed E-state index contributed by atoms with van der Waals surface area (Å²) in [5.74, 6) is -0.624. The zero-order valence-electron chi connectivity index (χ0n) is 13.5. The van der Waals surface area contributed by atoms with Crippen molar-refractivity contribution in [3.8, 4) is 0 Å². The number of aliphatic carboxylic acids is 1. The molecule has 1 amide bonds. The number of hydrogen-bond donors (Lipinski definition) is 1. The number of likely N-dealkylation sites (tertiary alicyclic amines) is 1. The fourth-order valence-corrected chi connectivity index (χ4v) is 4.42. The maximum absolute atomic E-state index is 13.0. The van der Waals surface area contributed by atoms with Crippen LogP contribution in [0.4, 0.5) is 0 Å². The Balaban J connectivity index is 1.60. The zero-order chi connectivity index (χ0) is 16.7. The highest BCUT2D eigenvalue weighted by atomic mass is 16.4. The third-order valence-corrected chi connectivity index (χ3v) is 5.51. The smallest absolute Gasteiger partial charge is 0.326 e. The van der Waals surface area contributed by atoms with Crippen LogP contribution in [0.15, 0.2) is 30.6 Å². The van der Waals surface area contributed by atoms with Crippen LogP contribution in [0.2, 0.25) is 0 Å². The average Bonchev–Trinajstić information content (AvgIpc) is 3.16. The molecule has 0 radical (unpaired) electrons. The lowest BCUT2D eigenvalue weighted by Gasteiger charge is -2.33. The number of amides is 1. The lowest BCUT2D eigenvalue weighted by Crippen LogP contribution is -2.46. The minimum atomic E-state index is -0.877. The molecule has 0 spiro atoms. The molecule has 1 N–H and O–H groups in total. The van der Waals surface area contributed by atoms with Crippen LogP contribution in [0.3, 0.4) is 0 Å². The van der Waals surface area contributed by atoms with E-state index >= 15 is 0 Å². The van der Waals surface area contributed by atoms with Gasteiger partial charge in [0.25, 0.3) is 0 Å². The van der Waals surface area contributed by atoms with Gasteiger partial charge in [0.1, 0.15) is 6.04 Å². The van der Waals surface area contributed by atoms with Crippen molar-refractivity contribution < 1.29 is 14.7 Å². The van der Waals surface area contributed by atoms with Gasteiger partial charge in [-0.25, -0.2) is 9.31 Å². The van der Waals surface area contributed by atoms with Gasteiger partial charge in [-0.1, -0.05) is 18.9 Å². The molecule has 2 fully saturated rings. The number of carboxylic acid groups (broad SMARTS) is 1. The molecule has 2 aromatic heterocycles. The van der Waals surface area contributed by atoms with Crippen molar-refractivity contribution in [1.82, 2.24) is 14.5 Å². The van der Waals surface area contributed by atoms with Gasteiger partial charge in [-0.2, -0.15) is 5.10 Å². The first-order valence-electron chi connectivity index (χ1n) is 8.60. The Kier molecular flexibility index (Phi) is 3.75. The van der Waals surface area contributed by atoms with E-state index in [0.29, 0.717) is 12.3 Å². The summed E-state index contributed by atoms with van der Waals surface area (Å²) in [6.07, 6.45) is 8.54. The molecule has 126 valence electrons. The van der Waals surface area contributed by atoms with E-state index in [-0.39, 0.29) is 18.4 Å². The van der Waals surface area contributed by atoms with Crippen LogP contribution < -0.4 is 0 Å². The molecule has 0 bridgehead atoms. The molecule has 2 aliphatic rings. The minimum Gasteiger partial charge on any atom is -0.480 e. The number of hydrogen-bond acceptors (Lipinski definition) is 3. The van der Waals surface area contributed by atoms with Gasteiger partial charge < -0.3 is 10.0 Å². The van der Waals surface area contributed by atoms with E-state index in [1.54, 1.807) is 15.6 Å². The molecule has 3 atom stereocenters. The molecule has 3 unspecified atom stereocenters. The maximum atomic E-state index is 13.0. The van der Waals surface area contributed by atoms with Gasteiger partial charge in [0.2, 0.25) is 5.91 Å². The second-order valence-corrected chi connectivity index (χ2v) is 6.88. The van der Waals surface area contributed by atoms with Gasteiger partial charge in [0.15, 0.2) is 0 Å². The van der Waals surface area contributed by atoms with Crippen LogP contribution in [0.1, 0.15) is 37.7 Å². The molecule has 6 heteroatoms. The molecule has 6 nitrogen and oxygen atoms in total. The summed E-state index contributed by atoms with van der Waals surface area (Å²) in [4.78, 5) is 26.3. The van der Waals surface area contributed by atoms with Crippen LogP contribution in [0, 0.1) is 5.92 Å². The van der Waals surface area contributed by atoms with E-state index in [2.05, 4.69) is 5.10 Å². The third kappa shape index (κ3) is 2.46. The van der Waals surface area contributed by atoms with E-state index in [0.717, 1.165) is 36.8 Å². The highest BCUT2D eigenvalue weighted by Crippen LogP contribution is 2.40. The standard InChI is InChI=1S/C18H21N3O3/c22-17(10-13-11-19-20-8-4-3-6-14(13)20)21-15-7-2-1-5-12(15)9-16(21)18(23)24/h3-4,6,8,11-12,15-16H,1-2,5,7,9-10H2,(H,23,24). The molecule has 3 heterocycles. The number of carboxylic acids is 1. The second kappa shape index (κ2) is 5.92. The van der Waals surface area contributed by atoms with E-state index in [4.69, 9.17) is 0 Å². The van der Waals surface area contributed by atoms with Gasteiger partial charge in [-0.3, -0.25) is 4.79 Å². The van der Waals surface area contributed by atoms with Crippen molar-refractivity contribution in [2.24, 2.45) is 5.92 Å². The molecular weight excluding hydrogens is 306 g/mol. The van der Waals surface area contributed by atoms with Crippen molar-refractivity contribution >= 4 is 17.4 Å². The highest BCUT2D eigenvalue weighted by molar-refractivity contribution is 5.87. The lowest BCUT2D eigenvalue weighted by molar-refractivity contribution is -0.149. The van der Waals surface area contributed by atoms with Gasteiger partial charge in [0, 0.05) is 17.8 Å². The van der Waals surface area contributed by atoms with Gasteiger partial charge in [-0.05, 0) is 37.3 Å². The molecule has 1 saturated heterocycles. The Labute approximate surface area is 140 Å². The van der Waals surface area contributed by atoms with Crippen molar-refractivity contribution in [3.05, 3.63) is 36.2 Å². The summed E-state index contributed by atoms with van der Waals surface area (Å²) in [6, 6.07) is 5.15. The quantitative estimate of drug-likeness (QED) is 0.937. The van der Waals surface area contributed by atoms with Crippen LogP contribution in [-0.2, 0) is 16.0 Å². The second-order valence-electron chi connectivity index (χ2n) is 6.88. The van der Waals surface area contributed by atoms with E-state index in [9.17, 15) is 14.7 Å². The number of pyridine rings is 1. The Morgan fingerprint density at radius 2 is 2.08 bits per heavy atom. The highest BCUT2D eigenvalue weighted by Gasteiger charge is 2.47. The third-order valence-electron chi connectivity index (χ3n) is 5.51. The largest absolute Gasteiger partial charge is 0.480 e. The summed E-state index contributed by atoms with van der Waals surface area (Å²) < 4.78 is 1.74. The molecule has 24 heavy (non-hydrogen) atoms. The Bertz CT molecular complexity index is 785. The van der Waals surface area contributed by atoms with Crippen LogP contribution in [0.5, 0.6) is 0 Å². The molecule has 1 saturated carbocycles. The van der Waals surface area contributed by atoms with Crippen LogP contribution in [0.25, 0.3) is 5.52 Å². The molecule has 2 aromatic rings. The molecule has 1 aliphatic carbocycles. The summed E-state index contributed by atoms with van der Waals surface area (Å²) >= 11 is 0. The number of aromatic nitrogens is 2. The van der Waals surface area contributed by atoms with Crippen LogP contribution >= 0.6 is 0 Å². The fourth-order valence-electron chi connectivity index (χ4n) is 4.42. The van der Waals surface area contributed by atoms with Gasteiger partial charge in [0.05, 0.1) is 18.1 Å². The normalized spacial score (nSPS) is 26.5. The summed E-state index contributed by atoms with van der Waals surface area (Å²) in [7, 11) is 0. The number of rotatable bonds is 3. The first kappa shape index (κ1) is 15.2. The number of nitrogens with zero attached hydrogens (tertiary/aromatic N) is 3. The first-order chi connectivity index (χ1) is 11.6. The monoisotopic (exact) mass is 327 g/mol. The van der Waals surface area contributed by atoms with Crippen molar-refractivity contribution in [3.63, 3.8) is 0 Å². The Morgan fingerprint density at radius 1 is 1.25 bits per heavy atom. The van der Waals surface area contributed by atoms with Crippen molar-refractivity contribution in [2.45, 2.75) is 50.6 Å². The molecule has 4 rings (SSSR count). The summed E-state index contributed by atoms with van der Waals surface area (Å²) in [6.45, 7) is 0. The van der Waals surface area contributed by atoms with Crippen molar-refractivity contribution in [2.75, 3.05) is 0 Å². The topological polar surface area (TPSA) is 74.9 Å². The van der Waals surface area contributed by atoms with Gasteiger partial charge >= 0.3 is 5.97 Å². The summed E-state index contributed by atoms with van der Waals surface area (Å²) in [5, 5.41) is 13.8. The maximum Gasteiger partial charge on any atom is 0.326 e. The average molecular weight is 327 g/mol. The molecule has 1 aliphatic heterocycles. The minimum absolute atomic E-state index is 0.0875. The summed E-state index contributed by atoms with van der Waals surface area (Å²) in [5.41, 5.74) is 1.75. The van der Waals surface area contributed by atoms with E-state index in [1.165, 1.54) is 0 Å². The predicted octanol–water partition coefficient (Wildman–Crippen LogP) is 2.12. The molecule has 0 aromatic carbocycles. The fraction of sp³-hybridized carbons (Fsp3) is 0.500. The Hall–Kier alpha value is -2.37. The van der Waals surface area contributed by atoms with Gasteiger partial charge in [-0.15, -0.1) is 0 Å². The van der Waals surface area contributed by atoms with E-state index < -0.39 is 12.0 Å². The lowest BCUT2D eigenvalue weighted by atomic mass is 9.84. The van der Waals surface area contributed by atoms with Crippen molar-refractivity contribution in [1.29, 1.82) is 0 Å². The first-order valence-corrected chi connectivity index (χ1v) is 8.60. The zero-order valence-corrected chi connectivity index (χ0v) is 13.5.